The van der Waals surface area contributed by atoms with Crippen molar-refractivity contribution < 1.29 is 22.7 Å². The molecule has 0 radical (unpaired) electrons. The fourth-order valence-corrected chi connectivity index (χ4v) is 6.23. The molecule has 0 saturated carbocycles. The summed E-state index contributed by atoms with van der Waals surface area (Å²) in [6.07, 6.45) is 0.433. The Kier molecular flexibility index (Phi) is 10.6. The van der Waals surface area contributed by atoms with Crippen LogP contribution in [-0.2, 0) is 16.6 Å². The molecule has 0 fully saturated rings. The van der Waals surface area contributed by atoms with E-state index in [2.05, 4.69) is 10.3 Å². The van der Waals surface area contributed by atoms with Gasteiger partial charge < -0.3 is 15.0 Å². The number of benzene rings is 2. The zero-order valence-electron chi connectivity index (χ0n) is 23.0. The Hall–Kier alpha value is -3.28. The quantitative estimate of drug-likeness (QED) is 0.308. The van der Waals surface area contributed by atoms with Crippen molar-refractivity contribution in [3.05, 3.63) is 75.7 Å². The van der Waals surface area contributed by atoms with Crippen LogP contribution < -0.4 is 10.1 Å². The second-order valence-corrected chi connectivity index (χ2v) is 12.6. The molecule has 2 aromatic carbocycles. The third-order valence-corrected chi connectivity index (χ3v) is 8.62. The number of carbonyl (C=O) groups is 2. The van der Waals surface area contributed by atoms with Gasteiger partial charge in [-0.3, -0.25) is 9.59 Å². The van der Waals surface area contributed by atoms with Crippen molar-refractivity contribution in [1.82, 2.24) is 19.5 Å². The number of methoxy groups -OCH3 is 1. The molecule has 0 aliphatic carbocycles. The summed E-state index contributed by atoms with van der Waals surface area (Å²) in [5.74, 6) is 0.184. The normalized spacial score (nSPS) is 11.6. The molecule has 2 amide bonds. The molecule has 0 bridgehead atoms. The number of hydrogen-bond acceptors (Lipinski definition) is 7. The van der Waals surface area contributed by atoms with Gasteiger partial charge in [0.2, 0.25) is 10.0 Å². The van der Waals surface area contributed by atoms with Crippen LogP contribution in [0.3, 0.4) is 0 Å². The largest absolute Gasteiger partial charge is 0.497 e. The molecule has 0 unspecified atom stereocenters. The highest BCUT2D eigenvalue weighted by Gasteiger charge is 2.25. The summed E-state index contributed by atoms with van der Waals surface area (Å²) in [7, 11) is -0.471. The number of aryl methyl sites for hydroxylation is 1. The lowest BCUT2D eigenvalue weighted by Crippen LogP contribution is -2.36. The van der Waals surface area contributed by atoms with E-state index in [0.29, 0.717) is 36.4 Å². The molecule has 39 heavy (non-hydrogen) atoms. The molecule has 1 aromatic heterocycles. The van der Waals surface area contributed by atoms with E-state index in [1.165, 1.54) is 34.9 Å². The topological polar surface area (TPSA) is 109 Å². The lowest BCUT2D eigenvalue weighted by Gasteiger charge is -2.24. The van der Waals surface area contributed by atoms with Gasteiger partial charge in [-0.2, -0.15) is 4.31 Å². The molecule has 0 atom stereocenters. The number of ether oxygens (including phenoxy) is 1. The number of hydrogen-bond donors (Lipinski definition) is 1. The highest BCUT2D eigenvalue weighted by atomic mass is 32.2. The summed E-state index contributed by atoms with van der Waals surface area (Å²) in [5.41, 5.74) is 1.59. The Morgan fingerprint density at radius 1 is 1.10 bits per heavy atom. The third kappa shape index (κ3) is 8.35. The van der Waals surface area contributed by atoms with Crippen molar-refractivity contribution in [2.45, 2.75) is 38.6 Å². The summed E-state index contributed by atoms with van der Waals surface area (Å²) in [5, 5.41) is 5.71. The molecule has 0 spiro atoms. The highest BCUT2D eigenvalue weighted by Crippen LogP contribution is 2.21. The molecule has 3 rings (SSSR count). The minimum absolute atomic E-state index is 0.130. The van der Waals surface area contributed by atoms with Gasteiger partial charge in [-0.15, -0.1) is 11.3 Å². The molecule has 210 valence electrons. The number of nitrogens with one attached hydrogen (secondary N) is 1. The molecule has 1 heterocycles. The summed E-state index contributed by atoms with van der Waals surface area (Å²) in [6.45, 7) is 7.12. The minimum Gasteiger partial charge on any atom is -0.497 e. The van der Waals surface area contributed by atoms with Crippen molar-refractivity contribution in [3.8, 4) is 5.75 Å². The van der Waals surface area contributed by atoms with Crippen LogP contribution >= 0.6 is 11.3 Å². The second kappa shape index (κ2) is 13.7. The maximum absolute atomic E-state index is 13.2. The Labute approximate surface area is 234 Å². The van der Waals surface area contributed by atoms with E-state index in [4.69, 9.17) is 4.74 Å². The van der Waals surface area contributed by atoms with Crippen LogP contribution in [0, 0.1) is 12.8 Å². The number of sulfonamides is 1. The average Bonchev–Trinajstić information content (AvgIpc) is 3.33. The van der Waals surface area contributed by atoms with Crippen LogP contribution in [0.5, 0.6) is 5.75 Å². The van der Waals surface area contributed by atoms with Gasteiger partial charge in [-0.05, 0) is 61.7 Å². The van der Waals surface area contributed by atoms with Gasteiger partial charge in [-0.1, -0.05) is 19.9 Å². The number of nitrogens with zero attached hydrogens (tertiary/aromatic N) is 3. The van der Waals surface area contributed by atoms with Crippen molar-refractivity contribution >= 4 is 33.2 Å². The lowest BCUT2D eigenvalue weighted by atomic mass is 10.1. The molecule has 0 aliphatic rings. The van der Waals surface area contributed by atoms with Gasteiger partial charge in [-0.25, -0.2) is 13.4 Å². The van der Waals surface area contributed by atoms with Crippen molar-refractivity contribution in [1.29, 1.82) is 0 Å². The third-order valence-electron chi connectivity index (χ3n) is 5.92. The maximum atomic E-state index is 13.2. The number of carbonyl (C=O) groups excluding carboxylic acids is 2. The van der Waals surface area contributed by atoms with Gasteiger partial charge >= 0.3 is 0 Å². The molecule has 3 aromatic rings. The predicted molar refractivity (Wildman–Crippen MR) is 153 cm³/mol. The molecule has 0 aliphatic heterocycles. The zero-order chi connectivity index (χ0) is 28.6. The molecular weight excluding hydrogens is 536 g/mol. The summed E-state index contributed by atoms with van der Waals surface area (Å²) in [6, 6.07) is 12.9. The van der Waals surface area contributed by atoms with Gasteiger partial charge in [0, 0.05) is 43.2 Å². The summed E-state index contributed by atoms with van der Waals surface area (Å²) >= 11 is 1.53. The first-order chi connectivity index (χ1) is 18.5. The SMILES string of the molecule is COc1ccc(S(=O)(=O)N(CCCNC(=O)c2cccc(C(=O)N(C)Cc3csc(C)n3)c2)CC(C)C)cc1. The van der Waals surface area contributed by atoms with Crippen LogP contribution in [0.4, 0.5) is 0 Å². The molecular formula is C28H36N4O5S2. The number of rotatable bonds is 13. The number of aromatic nitrogens is 1. The molecule has 0 saturated heterocycles. The van der Waals surface area contributed by atoms with Crippen molar-refractivity contribution in [2.75, 3.05) is 33.8 Å². The van der Waals surface area contributed by atoms with Gasteiger partial charge in [0.1, 0.15) is 5.75 Å². The first kappa shape index (κ1) is 30.3. The van der Waals surface area contributed by atoms with Crippen molar-refractivity contribution in [3.63, 3.8) is 0 Å². The zero-order valence-corrected chi connectivity index (χ0v) is 24.6. The molecule has 1 N–H and O–H groups in total. The van der Waals surface area contributed by atoms with E-state index in [1.54, 1.807) is 48.3 Å². The summed E-state index contributed by atoms with van der Waals surface area (Å²) < 4.78 is 33.1. The first-order valence-electron chi connectivity index (χ1n) is 12.7. The van der Waals surface area contributed by atoms with Crippen LogP contribution in [0.1, 0.15) is 51.7 Å². The van der Waals surface area contributed by atoms with E-state index < -0.39 is 10.0 Å². The van der Waals surface area contributed by atoms with Gasteiger partial charge in [0.05, 0.1) is 29.3 Å². The minimum atomic E-state index is -3.70. The first-order valence-corrected chi connectivity index (χ1v) is 15.0. The van der Waals surface area contributed by atoms with Crippen LogP contribution in [0.15, 0.2) is 58.8 Å². The Balaban J connectivity index is 1.58. The van der Waals surface area contributed by atoms with E-state index in [1.807, 2.05) is 26.2 Å². The van der Waals surface area contributed by atoms with Gasteiger partial charge in [0.25, 0.3) is 11.8 Å². The Morgan fingerprint density at radius 2 is 1.79 bits per heavy atom. The Bertz CT molecular complexity index is 1370. The highest BCUT2D eigenvalue weighted by molar-refractivity contribution is 7.89. The smallest absolute Gasteiger partial charge is 0.253 e. The fourth-order valence-electron chi connectivity index (χ4n) is 3.98. The molecule has 9 nitrogen and oxygen atoms in total. The van der Waals surface area contributed by atoms with Crippen LogP contribution in [0.25, 0.3) is 0 Å². The average molecular weight is 573 g/mol. The predicted octanol–water partition coefficient (Wildman–Crippen LogP) is 4.20. The van der Waals surface area contributed by atoms with Crippen LogP contribution in [-0.4, -0.2) is 68.2 Å². The lowest BCUT2D eigenvalue weighted by molar-refractivity contribution is 0.0783. The van der Waals surface area contributed by atoms with Gasteiger partial charge in [0.15, 0.2) is 0 Å². The number of thiazole rings is 1. The van der Waals surface area contributed by atoms with Crippen molar-refractivity contribution in [2.24, 2.45) is 5.92 Å². The second-order valence-electron chi connectivity index (χ2n) is 9.64. The molecule has 11 heteroatoms. The number of amides is 2. The fraction of sp³-hybridized carbons (Fsp3) is 0.393. The van der Waals surface area contributed by atoms with Crippen LogP contribution in [0.2, 0.25) is 0 Å². The van der Waals surface area contributed by atoms with E-state index in [9.17, 15) is 18.0 Å². The monoisotopic (exact) mass is 572 g/mol. The maximum Gasteiger partial charge on any atom is 0.253 e. The van der Waals surface area contributed by atoms with E-state index in [0.717, 1.165) is 10.7 Å². The van der Waals surface area contributed by atoms with E-state index >= 15 is 0 Å². The summed E-state index contributed by atoms with van der Waals surface area (Å²) in [4.78, 5) is 31.9. The van der Waals surface area contributed by atoms with E-state index in [-0.39, 0.29) is 35.7 Å². The Morgan fingerprint density at radius 3 is 2.41 bits per heavy atom. The standard InChI is InChI=1S/C28H36N4O5S2/c1-20(2)17-32(39(35,36)26-12-10-25(37-5)11-13-26)15-7-14-29-27(33)22-8-6-9-23(16-22)28(34)31(4)18-24-19-38-21(3)30-24/h6,8-13,16,19-20H,7,14-15,17-18H2,1-5H3,(H,29,33).